The lowest BCUT2D eigenvalue weighted by Gasteiger charge is -2.10. The normalized spacial score (nSPS) is 11.9. The van der Waals surface area contributed by atoms with Crippen LogP contribution in [-0.4, -0.2) is 34.6 Å². The molecule has 7 nitrogen and oxygen atoms in total. The van der Waals surface area contributed by atoms with Crippen molar-refractivity contribution >= 4 is 50.8 Å². The summed E-state index contributed by atoms with van der Waals surface area (Å²) in [5.41, 5.74) is 4.05. The third-order valence-corrected chi connectivity index (χ3v) is 7.63. The van der Waals surface area contributed by atoms with Crippen LogP contribution in [0.2, 0.25) is 5.02 Å². The Bertz CT molecular complexity index is 1550. The van der Waals surface area contributed by atoms with E-state index in [9.17, 15) is 13.2 Å². The number of halogens is 1. The Morgan fingerprint density at radius 1 is 1.00 bits per heavy atom. The lowest BCUT2D eigenvalue weighted by molar-refractivity contribution is 0.0977. The molecule has 2 aromatic carbocycles. The Labute approximate surface area is 222 Å². The zero-order chi connectivity index (χ0) is 26.4. The summed E-state index contributed by atoms with van der Waals surface area (Å²) < 4.78 is 28.5. The first-order valence-corrected chi connectivity index (χ1v) is 14.2. The van der Waals surface area contributed by atoms with Gasteiger partial charge < -0.3 is 4.57 Å². The van der Waals surface area contributed by atoms with Gasteiger partial charge in [0.1, 0.15) is 17.0 Å². The molecule has 1 amide bonds. The first-order chi connectivity index (χ1) is 17.8. The zero-order valence-corrected chi connectivity index (χ0v) is 22.4. The van der Waals surface area contributed by atoms with Gasteiger partial charge in [-0.3, -0.25) is 4.79 Å². The van der Waals surface area contributed by atoms with Crippen molar-refractivity contribution in [3.63, 3.8) is 0 Å². The highest BCUT2D eigenvalue weighted by molar-refractivity contribution is 7.90. The molecule has 0 unspecified atom stereocenters. The van der Waals surface area contributed by atoms with Gasteiger partial charge in [-0.2, -0.15) is 0 Å². The molecule has 2 heterocycles. The van der Waals surface area contributed by atoms with Crippen molar-refractivity contribution in [2.24, 2.45) is 0 Å². The molecule has 0 fully saturated rings. The first kappa shape index (κ1) is 26.6. The van der Waals surface area contributed by atoms with E-state index in [2.05, 4.69) is 14.7 Å². The summed E-state index contributed by atoms with van der Waals surface area (Å²) in [6.45, 7) is 4.24. The second-order valence-electron chi connectivity index (χ2n) is 8.84. The lowest BCUT2D eigenvalue weighted by Crippen LogP contribution is -2.33. The average molecular weight is 537 g/mol. The van der Waals surface area contributed by atoms with Gasteiger partial charge in [0.25, 0.3) is 5.91 Å². The maximum absolute atomic E-state index is 12.7. The summed E-state index contributed by atoms with van der Waals surface area (Å²) in [6.07, 6.45) is 6.21. The van der Waals surface area contributed by atoms with Crippen LogP contribution in [0.1, 0.15) is 59.2 Å². The molecule has 9 heteroatoms. The molecule has 4 rings (SSSR count). The molecule has 0 saturated carbocycles. The van der Waals surface area contributed by atoms with Crippen LogP contribution in [0.25, 0.3) is 23.3 Å². The minimum Gasteiger partial charge on any atom is -0.308 e. The second-order valence-corrected chi connectivity index (χ2v) is 11.1. The van der Waals surface area contributed by atoms with Gasteiger partial charge in [-0.25, -0.2) is 23.1 Å². The van der Waals surface area contributed by atoms with E-state index in [1.54, 1.807) is 6.07 Å². The van der Waals surface area contributed by atoms with Crippen molar-refractivity contribution in [2.75, 3.05) is 5.75 Å². The number of fused-ring (bicyclic) bond motifs is 1. The Kier molecular flexibility index (Phi) is 8.41. The molecule has 0 spiro atoms. The van der Waals surface area contributed by atoms with Crippen LogP contribution >= 0.6 is 11.6 Å². The summed E-state index contributed by atoms with van der Waals surface area (Å²) in [7, 11) is -3.73. The number of benzene rings is 2. The summed E-state index contributed by atoms with van der Waals surface area (Å²) in [5, 5.41) is 0.600. The molecule has 0 aliphatic carbocycles. The van der Waals surface area contributed by atoms with Gasteiger partial charge in [0.05, 0.1) is 12.3 Å². The number of aryl methyl sites for hydroxylation is 1. The number of carbonyl (C=O) groups is 1. The largest absolute Gasteiger partial charge is 0.308 e. The quantitative estimate of drug-likeness (QED) is 0.202. The molecule has 1 N–H and O–H groups in total. The molecule has 0 aliphatic rings. The summed E-state index contributed by atoms with van der Waals surface area (Å²) in [4.78, 5) is 21.7. The number of carbonyl (C=O) groups excluding carboxylic acids is 1. The van der Waals surface area contributed by atoms with Gasteiger partial charge in [-0.1, -0.05) is 86.0 Å². The number of pyridine rings is 1. The van der Waals surface area contributed by atoms with E-state index in [1.165, 1.54) is 6.07 Å². The summed E-state index contributed by atoms with van der Waals surface area (Å²) >= 11 is 6.62. The Morgan fingerprint density at radius 3 is 2.49 bits per heavy atom. The van der Waals surface area contributed by atoms with Gasteiger partial charge in [0.15, 0.2) is 5.65 Å². The van der Waals surface area contributed by atoms with Crippen LogP contribution in [-0.2, 0) is 16.6 Å². The van der Waals surface area contributed by atoms with Crippen LogP contribution < -0.4 is 4.72 Å². The Hall–Kier alpha value is -3.49. The van der Waals surface area contributed by atoms with E-state index >= 15 is 0 Å². The first-order valence-electron chi connectivity index (χ1n) is 12.2. The Morgan fingerprint density at radius 2 is 1.76 bits per heavy atom. The highest BCUT2D eigenvalue weighted by Crippen LogP contribution is 2.23. The van der Waals surface area contributed by atoms with Crippen molar-refractivity contribution in [3.8, 4) is 0 Å². The maximum atomic E-state index is 12.7. The SMILES string of the molecule is CCCCCS(=O)(=O)NC(=O)c1ccc2nc(C)n(Cc3ccc(/C=C/c4ccccc4)cc3Cl)c2n1. The Balaban J connectivity index is 1.54. The van der Waals surface area contributed by atoms with Crippen molar-refractivity contribution in [3.05, 3.63) is 93.9 Å². The van der Waals surface area contributed by atoms with Gasteiger partial charge >= 0.3 is 0 Å². The van der Waals surface area contributed by atoms with Gasteiger partial charge in [-0.15, -0.1) is 0 Å². The molecule has 0 saturated heterocycles. The number of imidazole rings is 1. The van der Waals surface area contributed by atoms with E-state index in [4.69, 9.17) is 11.6 Å². The van der Waals surface area contributed by atoms with Crippen molar-refractivity contribution in [1.29, 1.82) is 0 Å². The highest BCUT2D eigenvalue weighted by Gasteiger charge is 2.19. The number of nitrogens with one attached hydrogen (secondary N) is 1. The fraction of sp³-hybridized carbons (Fsp3) is 0.250. The van der Waals surface area contributed by atoms with E-state index in [0.29, 0.717) is 35.0 Å². The number of hydrogen-bond donors (Lipinski definition) is 1. The standard InChI is InChI=1S/C28H29ClN4O3S/c1-3-4-8-17-37(35,36)32-28(34)26-16-15-25-27(31-26)33(20(2)30-25)19-23-14-13-22(18-24(23)29)12-11-21-9-6-5-7-10-21/h5-7,9-16,18H,3-4,8,17,19H2,1-2H3,(H,32,34)/b12-11+. The number of unbranched alkanes of at least 4 members (excludes halogenated alkanes) is 2. The summed E-state index contributed by atoms with van der Waals surface area (Å²) in [5.74, 6) is -0.145. The van der Waals surface area contributed by atoms with Gasteiger partial charge in [0.2, 0.25) is 10.0 Å². The summed E-state index contributed by atoms with van der Waals surface area (Å²) in [6, 6.07) is 19.0. The predicted molar refractivity (Wildman–Crippen MR) is 149 cm³/mol. The number of sulfonamides is 1. The van der Waals surface area contributed by atoms with Crippen LogP contribution in [0, 0.1) is 6.92 Å². The molecule has 192 valence electrons. The fourth-order valence-electron chi connectivity index (χ4n) is 3.94. The molecule has 0 aliphatic heterocycles. The lowest BCUT2D eigenvalue weighted by atomic mass is 10.1. The number of amides is 1. The topological polar surface area (TPSA) is 94.0 Å². The van der Waals surface area contributed by atoms with E-state index in [0.717, 1.165) is 29.5 Å². The molecule has 0 bridgehead atoms. The molecular formula is C28H29ClN4O3S. The maximum Gasteiger partial charge on any atom is 0.283 e. The van der Waals surface area contributed by atoms with E-state index < -0.39 is 15.9 Å². The third-order valence-electron chi connectivity index (χ3n) is 5.95. The molecule has 37 heavy (non-hydrogen) atoms. The van der Waals surface area contributed by atoms with Gasteiger partial charge in [-0.05, 0) is 48.2 Å². The van der Waals surface area contributed by atoms with E-state index in [1.807, 2.05) is 79.1 Å². The van der Waals surface area contributed by atoms with Gasteiger partial charge in [0, 0.05) is 5.02 Å². The second kappa shape index (κ2) is 11.7. The molecular weight excluding hydrogens is 508 g/mol. The number of nitrogens with zero attached hydrogens (tertiary/aromatic N) is 3. The van der Waals surface area contributed by atoms with Crippen molar-refractivity contribution < 1.29 is 13.2 Å². The van der Waals surface area contributed by atoms with E-state index in [-0.39, 0.29) is 11.4 Å². The highest BCUT2D eigenvalue weighted by atomic mass is 35.5. The smallest absolute Gasteiger partial charge is 0.283 e. The number of aromatic nitrogens is 3. The van der Waals surface area contributed by atoms with Crippen LogP contribution in [0.4, 0.5) is 0 Å². The van der Waals surface area contributed by atoms with Crippen molar-refractivity contribution in [1.82, 2.24) is 19.3 Å². The third kappa shape index (κ3) is 6.84. The average Bonchev–Trinajstić information content (AvgIpc) is 3.18. The number of rotatable bonds is 10. The molecule has 2 aromatic heterocycles. The fourth-order valence-corrected chi connectivity index (χ4v) is 5.26. The molecule has 4 aromatic rings. The number of hydrogen-bond acceptors (Lipinski definition) is 5. The van der Waals surface area contributed by atoms with Crippen LogP contribution in [0.5, 0.6) is 0 Å². The molecule has 0 radical (unpaired) electrons. The van der Waals surface area contributed by atoms with Crippen LogP contribution in [0.3, 0.4) is 0 Å². The molecule has 0 atom stereocenters. The predicted octanol–water partition coefficient (Wildman–Crippen LogP) is 5.86. The zero-order valence-electron chi connectivity index (χ0n) is 20.8. The minimum absolute atomic E-state index is 0.0141. The minimum atomic E-state index is -3.73. The van der Waals surface area contributed by atoms with Crippen molar-refractivity contribution in [2.45, 2.75) is 39.7 Å². The van der Waals surface area contributed by atoms with Crippen LogP contribution in [0.15, 0.2) is 60.7 Å². The monoisotopic (exact) mass is 536 g/mol.